The van der Waals surface area contributed by atoms with Gasteiger partial charge < -0.3 is 0 Å². The predicted molar refractivity (Wildman–Crippen MR) is 54.2 cm³/mol. The summed E-state index contributed by atoms with van der Waals surface area (Å²) in [5, 5.41) is 13.6. The Hall–Kier alpha value is -2.04. The number of nitrogens with one attached hydrogen (secondary N) is 1. The molecule has 0 bridgehead atoms. The van der Waals surface area contributed by atoms with Gasteiger partial charge in [-0.15, -0.1) is 10.2 Å². The molecule has 0 saturated carbocycles. The Balaban J connectivity index is 2.52. The molecular formula is C10H10N4O. The molecule has 0 unspecified atom stereocenters. The molecule has 1 N–H and O–H groups in total. The lowest BCUT2D eigenvalue weighted by Gasteiger charge is -2.02. The fraction of sp³-hybridized carbons (Fsp3) is 0.200. The molecule has 2 rings (SSSR count). The second-order valence-electron chi connectivity index (χ2n) is 3.06. The number of Topliss-reactive ketones (excluding diaryl/α,β-unsaturated/α-hetero) is 1. The van der Waals surface area contributed by atoms with Crippen molar-refractivity contribution in [3.63, 3.8) is 0 Å². The number of carbonyl (C=O) groups is 1. The number of carbonyl (C=O) groups excluding carboxylic acids is 1. The number of aromatic nitrogens is 4. The third-order valence-electron chi connectivity index (χ3n) is 2.13. The third-order valence-corrected chi connectivity index (χ3v) is 2.13. The third kappa shape index (κ3) is 1.76. The maximum atomic E-state index is 11.6. The van der Waals surface area contributed by atoms with E-state index < -0.39 is 0 Å². The minimum atomic E-state index is 0.0791. The van der Waals surface area contributed by atoms with E-state index in [0.29, 0.717) is 17.8 Å². The summed E-state index contributed by atoms with van der Waals surface area (Å²) >= 11 is 0. The molecule has 0 atom stereocenters. The molecule has 0 aliphatic carbocycles. The summed E-state index contributed by atoms with van der Waals surface area (Å²) < 4.78 is 0. The zero-order valence-electron chi connectivity index (χ0n) is 8.27. The summed E-state index contributed by atoms with van der Waals surface area (Å²) in [6.07, 6.45) is 0.467. The number of H-pyrrole nitrogens is 1. The highest BCUT2D eigenvalue weighted by molar-refractivity contribution is 6.01. The first-order chi connectivity index (χ1) is 7.33. The quantitative estimate of drug-likeness (QED) is 0.765. The molecular weight excluding hydrogens is 192 g/mol. The van der Waals surface area contributed by atoms with Crippen molar-refractivity contribution in [1.29, 1.82) is 0 Å². The normalized spacial score (nSPS) is 10.2. The molecule has 1 heterocycles. The minimum absolute atomic E-state index is 0.0791. The van der Waals surface area contributed by atoms with Gasteiger partial charge in [-0.1, -0.05) is 31.2 Å². The highest BCUT2D eigenvalue weighted by Crippen LogP contribution is 2.19. The van der Waals surface area contributed by atoms with Crippen LogP contribution in [0.1, 0.15) is 23.7 Å². The number of nitrogens with zero attached hydrogens (tertiary/aromatic N) is 3. The zero-order valence-corrected chi connectivity index (χ0v) is 8.27. The van der Waals surface area contributed by atoms with Crippen molar-refractivity contribution in [3.8, 4) is 11.4 Å². The Kier molecular flexibility index (Phi) is 2.53. The molecule has 0 aliphatic rings. The summed E-state index contributed by atoms with van der Waals surface area (Å²) in [7, 11) is 0. The Bertz CT molecular complexity index is 464. The van der Waals surface area contributed by atoms with Crippen LogP contribution < -0.4 is 0 Å². The average Bonchev–Trinajstić information content (AvgIpc) is 2.81. The van der Waals surface area contributed by atoms with Crippen LogP contribution in [0.2, 0.25) is 0 Å². The van der Waals surface area contributed by atoms with E-state index in [9.17, 15) is 4.79 Å². The van der Waals surface area contributed by atoms with Gasteiger partial charge in [-0.25, -0.2) is 0 Å². The van der Waals surface area contributed by atoms with E-state index in [-0.39, 0.29) is 5.78 Å². The first kappa shape index (κ1) is 9.51. The summed E-state index contributed by atoms with van der Waals surface area (Å²) in [6, 6.07) is 7.26. The first-order valence-electron chi connectivity index (χ1n) is 4.69. The SMILES string of the molecule is CCC(=O)c1ccccc1-c1nn[nH]n1. The van der Waals surface area contributed by atoms with Gasteiger partial charge in [0.25, 0.3) is 0 Å². The molecule has 2 aromatic rings. The summed E-state index contributed by atoms with van der Waals surface area (Å²) in [5.41, 5.74) is 1.36. The van der Waals surface area contributed by atoms with E-state index in [1.807, 2.05) is 25.1 Å². The van der Waals surface area contributed by atoms with Gasteiger partial charge >= 0.3 is 0 Å². The van der Waals surface area contributed by atoms with E-state index >= 15 is 0 Å². The van der Waals surface area contributed by atoms with Crippen molar-refractivity contribution in [2.24, 2.45) is 0 Å². The molecule has 1 aromatic carbocycles. The topological polar surface area (TPSA) is 71.5 Å². The molecule has 15 heavy (non-hydrogen) atoms. The Morgan fingerprint density at radius 2 is 2.20 bits per heavy atom. The number of benzene rings is 1. The molecule has 76 valence electrons. The van der Waals surface area contributed by atoms with Gasteiger partial charge in [0.15, 0.2) is 5.78 Å². The van der Waals surface area contributed by atoms with E-state index in [1.54, 1.807) is 6.07 Å². The van der Waals surface area contributed by atoms with Crippen molar-refractivity contribution in [2.45, 2.75) is 13.3 Å². The number of ketones is 1. The minimum Gasteiger partial charge on any atom is -0.294 e. The average molecular weight is 202 g/mol. The van der Waals surface area contributed by atoms with Crippen molar-refractivity contribution < 1.29 is 4.79 Å². The molecule has 0 aliphatic heterocycles. The Labute approximate surface area is 86.5 Å². The number of hydrogen-bond acceptors (Lipinski definition) is 4. The van der Waals surface area contributed by atoms with Crippen molar-refractivity contribution in [2.75, 3.05) is 0 Å². The fourth-order valence-electron chi connectivity index (χ4n) is 1.39. The van der Waals surface area contributed by atoms with Gasteiger partial charge in [0, 0.05) is 17.5 Å². The standard InChI is InChI=1S/C10H10N4O/c1-2-9(15)7-5-3-4-6-8(7)10-11-13-14-12-10/h3-6H,2H2,1H3,(H,11,12,13,14). The van der Waals surface area contributed by atoms with E-state index in [0.717, 1.165) is 5.56 Å². The number of rotatable bonds is 3. The summed E-state index contributed by atoms with van der Waals surface area (Å²) in [5.74, 6) is 0.530. The van der Waals surface area contributed by atoms with Crippen LogP contribution in [0.25, 0.3) is 11.4 Å². The molecule has 0 radical (unpaired) electrons. The fourth-order valence-corrected chi connectivity index (χ4v) is 1.39. The van der Waals surface area contributed by atoms with Crippen LogP contribution in [-0.4, -0.2) is 26.4 Å². The highest BCUT2D eigenvalue weighted by atomic mass is 16.1. The van der Waals surface area contributed by atoms with E-state index in [4.69, 9.17) is 0 Å². The highest BCUT2D eigenvalue weighted by Gasteiger charge is 2.12. The lowest BCUT2D eigenvalue weighted by Crippen LogP contribution is -2.00. The van der Waals surface area contributed by atoms with Crippen molar-refractivity contribution >= 4 is 5.78 Å². The van der Waals surface area contributed by atoms with E-state index in [2.05, 4.69) is 20.6 Å². The lowest BCUT2D eigenvalue weighted by molar-refractivity contribution is 0.0988. The van der Waals surface area contributed by atoms with Gasteiger partial charge in [0.2, 0.25) is 5.82 Å². The second-order valence-corrected chi connectivity index (χ2v) is 3.06. The molecule has 5 nitrogen and oxygen atoms in total. The van der Waals surface area contributed by atoms with Gasteiger partial charge in [0.1, 0.15) is 0 Å². The Morgan fingerprint density at radius 1 is 1.40 bits per heavy atom. The van der Waals surface area contributed by atoms with Gasteiger partial charge in [0.05, 0.1) is 0 Å². The zero-order chi connectivity index (χ0) is 10.7. The first-order valence-corrected chi connectivity index (χ1v) is 4.69. The number of aromatic amines is 1. The molecule has 0 spiro atoms. The largest absolute Gasteiger partial charge is 0.294 e. The van der Waals surface area contributed by atoms with Crippen molar-refractivity contribution in [3.05, 3.63) is 29.8 Å². The van der Waals surface area contributed by atoms with Crippen LogP contribution in [0.15, 0.2) is 24.3 Å². The molecule has 0 amide bonds. The van der Waals surface area contributed by atoms with Gasteiger partial charge in [-0.05, 0) is 5.21 Å². The van der Waals surface area contributed by atoms with Crippen LogP contribution in [0.3, 0.4) is 0 Å². The Morgan fingerprint density at radius 3 is 2.87 bits per heavy atom. The van der Waals surface area contributed by atoms with Gasteiger partial charge in [-0.3, -0.25) is 4.79 Å². The molecule has 1 aromatic heterocycles. The van der Waals surface area contributed by atoms with E-state index in [1.165, 1.54) is 0 Å². The van der Waals surface area contributed by atoms with Crippen molar-refractivity contribution in [1.82, 2.24) is 20.6 Å². The number of hydrogen-bond donors (Lipinski definition) is 1. The summed E-state index contributed by atoms with van der Waals surface area (Å²) in [4.78, 5) is 11.6. The monoisotopic (exact) mass is 202 g/mol. The molecule has 0 fully saturated rings. The number of tetrazole rings is 1. The smallest absolute Gasteiger partial charge is 0.205 e. The van der Waals surface area contributed by atoms with Crippen LogP contribution in [0.5, 0.6) is 0 Å². The van der Waals surface area contributed by atoms with Crippen LogP contribution in [0.4, 0.5) is 0 Å². The van der Waals surface area contributed by atoms with Crippen LogP contribution in [-0.2, 0) is 0 Å². The summed E-state index contributed by atoms with van der Waals surface area (Å²) in [6.45, 7) is 1.83. The maximum Gasteiger partial charge on any atom is 0.205 e. The lowest BCUT2D eigenvalue weighted by atomic mass is 10.0. The molecule has 5 heteroatoms. The van der Waals surface area contributed by atoms with Gasteiger partial charge in [-0.2, -0.15) is 5.21 Å². The second kappa shape index (κ2) is 4.00. The maximum absolute atomic E-state index is 11.6. The molecule has 0 saturated heterocycles. The van der Waals surface area contributed by atoms with Crippen LogP contribution in [0, 0.1) is 0 Å². The predicted octanol–water partition coefficient (Wildman–Crippen LogP) is 1.46. The van der Waals surface area contributed by atoms with Crippen LogP contribution >= 0.6 is 0 Å².